The molecule has 0 spiro atoms. The molecule has 1 saturated heterocycles. The van der Waals surface area contributed by atoms with Crippen molar-refractivity contribution in [2.75, 3.05) is 51.3 Å². The molecule has 11 nitrogen and oxygen atoms in total. The number of nitrogens with zero attached hydrogens (tertiary/aromatic N) is 5. The summed E-state index contributed by atoms with van der Waals surface area (Å²) in [5.41, 5.74) is 5.22. The number of aliphatic hydroxyl groups excluding tert-OH is 1. The van der Waals surface area contributed by atoms with Gasteiger partial charge in [-0.2, -0.15) is 5.10 Å². The lowest BCUT2D eigenvalue weighted by Crippen LogP contribution is -2.43. The Bertz CT molecular complexity index is 2050. The Morgan fingerprint density at radius 3 is 2.56 bits per heavy atom. The maximum atomic E-state index is 14.2. The summed E-state index contributed by atoms with van der Waals surface area (Å²) in [6, 6.07) is 19.9. The lowest BCUT2D eigenvalue weighted by molar-refractivity contribution is -0.132. The Kier molecular flexibility index (Phi) is 9.38. The average molecular weight is 676 g/mol. The summed E-state index contributed by atoms with van der Waals surface area (Å²) in [5.74, 6) is 0.129. The summed E-state index contributed by atoms with van der Waals surface area (Å²) < 4.78 is 19.6. The quantitative estimate of drug-likeness (QED) is 0.185. The number of halogens is 1. The number of aromatic nitrogens is 4. The van der Waals surface area contributed by atoms with Crippen LogP contribution < -0.4 is 10.1 Å². The Hall–Kier alpha value is -5.46. The highest BCUT2D eigenvalue weighted by Crippen LogP contribution is 2.34. The predicted octanol–water partition coefficient (Wildman–Crippen LogP) is 5.16. The van der Waals surface area contributed by atoms with Crippen LogP contribution in [0.4, 0.5) is 10.1 Å². The number of aliphatic hydroxyl groups is 1. The standard InChI is InChI=1S/C38H38FN7O4/c1-38(37(49)42-29-8-10-32-30(22-29)35(44-43-32)28-7-9-31(39)33(21-28)50-20-19-47)13-18-45(24-38)23-34(48)46-16-11-26(12-17-46)25-3-5-27(6-4-25)36-40-14-2-15-41-36/h2-11,14-15,21-22,47H,12-13,16-20,23-24H2,1H3,(H,42,49)(H,43,44)/t38-/m1/s1. The largest absolute Gasteiger partial charge is 0.488 e. The molecule has 0 aliphatic carbocycles. The van der Waals surface area contributed by atoms with Gasteiger partial charge in [0.25, 0.3) is 0 Å². The third kappa shape index (κ3) is 6.98. The van der Waals surface area contributed by atoms with Crippen LogP contribution in [0.2, 0.25) is 0 Å². The predicted molar refractivity (Wildman–Crippen MR) is 189 cm³/mol. The summed E-state index contributed by atoms with van der Waals surface area (Å²) in [4.78, 5) is 39.5. The van der Waals surface area contributed by atoms with E-state index in [4.69, 9.17) is 9.84 Å². The van der Waals surface area contributed by atoms with Crippen molar-refractivity contribution in [3.8, 4) is 28.4 Å². The maximum Gasteiger partial charge on any atom is 0.237 e. The number of hydrogen-bond acceptors (Lipinski definition) is 8. The van der Waals surface area contributed by atoms with E-state index in [0.717, 1.165) is 28.5 Å². The number of H-pyrrole nitrogens is 1. The fourth-order valence-electron chi connectivity index (χ4n) is 6.62. The Morgan fingerprint density at radius 2 is 1.80 bits per heavy atom. The van der Waals surface area contributed by atoms with E-state index < -0.39 is 11.2 Å². The van der Waals surface area contributed by atoms with E-state index in [-0.39, 0.29) is 37.3 Å². The SMILES string of the molecule is C[C@@]1(C(=O)Nc2ccc3[nH]nc(-c4ccc(F)c(OCCO)c4)c3c2)CCN(CC(=O)N2CC=C(c3ccc(-c4ncccn4)cc3)CC2)C1. The van der Waals surface area contributed by atoms with Crippen molar-refractivity contribution in [2.45, 2.75) is 19.8 Å². The number of amides is 2. The van der Waals surface area contributed by atoms with Crippen LogP contribution in [0, 0.1) is 11.2 Å². The number of anilines is 1. The molecule has 5 aromatic rings. The van der Waals surface area contributed by atoms with E-state index in [9.17, 15) is 14.0 Å². The minimum atomic E-state index is -0.670. The molecule has 2 aliphatic heterocycles. The van der Waals surface area contributed by atoms with Crippen LogP contribution in [0.15, 0.2) is 85.2 Å². The zero-order valence-corrected chi connectivity index (χ0v) is 27.7. The fraction of sp³-hybridized carbons (Fsp3) is 0.289. The van der Waals surface area contributed by atoms with Gasteiger partial charge in [-0.3, -0.25) is 19.6 Å². The number of ether oxygens (including phenoxy) is 1. The smallest absolute Gasteiger partial charge is 0.237 e. The highest BCUT2D eigenvalue weighted by molar-refractivity contribution is 6.00. The first-order valence-electron chi connectivity index (χ1n) is 16.7. The molecule has 50 heavy (non-hydrogen) atoms. The first-order valence-corrected chi connectivity index (χ1v) is 16.7. The van der Waals surface area contributed by atoms with E-state index >= 15 is 0 Å². The van der Waals surface area contributed by atoms with Gasteiger partial charge in [-0.05, 0) is 79.9 Å². The van der Waals surface area contributed by atoms with Gasteiger partial charge in [-0.25, -0.2) is 14.4 Å². The lowest BCUT2D eigenvalue weighted by atomic mass is 9.88. The number of likely N-dealkylation sites (tertiary alicyclic amines) is 1. The summed E-state index contributed by atoms with van der Waals surface area (Å²) in [6.07, 6.45) is 6.99. The number of aromatic amines is 1. The number of nitrogens with one attached hydrogen (secondary N) is 2. The van der Waals surface area contributed by atoms with Crippen molar-refractivity contribution >= 4 is 34.0 Å². The molecular weight excluding hydrogens is 637 g/mol. The molecule has 256 valence electrons. The highest BCUT2D eigenvalue weighted by Gasteiger charge is 2.41. The highest BCUT2D eigenvalue weighted by atomic mass is 19.1. The zero-order valence-electron chi connectivity index (χ0n) is 27.7. The van der Waals surface area contributed by atoms with Crippen molar-refractivity contribution in [1.82, 2.24) is 30.0 Å². The molecule has 0 unspecified atom stereocenters. The van der Waals surface area contributed by atoms with Crippen LogP contribution in [0.3, 0.4) is 0 Å². The minimum Gasteiger partial charge on any atom is -0.488 e. The van der Waals surface area contributed by atoms with Gasteiger partial charge in [0.1, 0.15) is 12.3 Å². The Balaban J connectivity index is 0.949. The number of fused-ring (bicyclic) bond motifs is 1. The average Bonchev–Trinajstić information content (AvgIpc) is 3.75. The summed E-state index contributed by atoms with van der Waals surface area (Å²) >= 11 is 0. The van der Waals surface area contributed by atoms with Gasteiger partial charge in [0.05, 0.1) is 24.1 Å². The molecule has 2 aliphatic rings. The lowest BCUT2D eigenvalue weighted by Gasteiger charge is -2.29. The first-order chi connectivity index (χ1) is 24.3. The van der Waals surface area contributed by atoms with Gasteiger partial charge in [0, 0.05) is 54.2 Å². The molecule has 12 heteroatoms. The third-order valence-corrected chi connectivity index (χ3v) is 9.48. The summed E-state index contributed by atoms with van der Waals surface area (Å²) in [5, 5.41) is 20.3. The molecule has 0 saturated carbocycles. The normalized spacial score (nSPS) is 17.9. The van der Waals surface area contributed by atoms with Crippen LogP contribution in [-0.2, 0) is 9.59 Å². The van der Waals surface area contributed by atoms with E-state index in [1.807, 2.05) is 42.2 Å². The fourth-order valence-corrected chi connectivity index (χ4v) is 6.62. The number of carbonyl (C=O) groups excluding carboxylic acids is 2. The van der Waals surface area contributed by atoms with Crippen molar-refractivity contribution in [3.63, 3.8) is 0 Å². The van der Waals surface area contributed by atoms with Gasteiger partial charge in [0.2, 0.25) is 11.8 Å². The van der Waals surface area contributed by atoms with E-state index in [1.54, 1.807) is 30.6 Å². The zero-order chi connectivity index (χ0) is 34.7. The number of carbonyl (C=O) groups is 2. The van der Waals surface area contributed by atoms with Crippen LogP contribution in [0.1, 0.15) is 25.3 Å². The number of rotatable bonds is 10. The van der Waals surface area contributed by atoms with Gasteiger partial charge in [-0.1, -0.05) is 30.3 Å². The van der Waals surface area contributed by atoms with Crippen molar-refractivity contribution in [3.05, 3.63) is 96.6 Å². The molecule has 4 heterocycles. The monoisotopic (exact) mass is 675 g/mol. The molecule has 7 rings (SSSR count). The van der Waals surface area contributed by atoms with E-state index in [2.05, 4.69) is 48.6 Å². The molecule has 2 amide bonds. The second-order valence-corrected chi connectivity index (χ2v) is 13.0. The summed E-state index contributed by atoms with van der Waals surface area (Å²) in [7, 11) is 0. The van der Waals surface area contributed by atoms with Crippen LogP contribution in [0.5, 0.6) is 5.75 Å². The molecule has 0 bridgehead atoms. The molecule has 1 fully saturated rings. The Morgan fingerprint density at radius 1 is 1.02 bits per heavy atom. The van der Waals surface area contributed by atoms with Crippen LogP contribution in [0.25, 0.3) is 39.1 Å². The van der Waals surface area contributed by atoms with Crippen LogP contribution in [-0.4, -0.2) is 92.8 Å². The van der Waals surface area contributed by atoms with E-state index in [0.29, 0.717) is 55.4 Å². The third-order valence-electron chi connectivity index (χ3n) is 9.48. The second kappa shape index (κ2) is 14.2. The molecule has 2 aromatic heterocycles. The molecular formula is C38H38FN7O4. The maximum absolute atomic E-state index is 14.2. The molecule has 3 aromatic carbocycles. The summed E-state index contributed by atoms with van der Waals surface area (Å²) in [6.45, 7) is 4.27. The minimum absolute atomic E-state index is 0.0251. The van der Waals surface area contributed by atoms with Gasteiger partial charge >= 0.3 is 0 Å². The van der Waals surface area contributed by atoms with Gasteiger partial charge in [0.15, 0.2) is 17.4 Å². The van der Waals surface area contributed by atoms with Crippen LogP contribution >= 0.6 is 0 Å². The van der Waals surface area contributed by atoms with Crippen molar-refractivity contribution in [1.29, 1.82) is 0 Å². The second-order valence-electron chi connectivity index (χ2n) is 13.0. The topological polar surface area (TPSA) is 137 Å². The van der Waals surface area contributed by atoms with Crippen molar-refractivity contribution < 1.29 is 23.8 Å². The molecule has 0 radical (unpaired) electrons. The Labute approximate surface area is 288 Å². The van der Waals surface area contributed by atoms with Gasteiger partial charge < -0.3 is 20.1 Å². The molecule has 3 N–H and O–H groups in total. The number of benzene rings is 3. The van der Waals surface area contributed by atoms with Crippen molar-refractivity contribution in [2.24, 2.45) is 5.41 Å². The molecule has 1 atom stereocenters. The van der Waals surface area contributed by atoms with E-state index in [1.165, 1.54) is 11.6 Å². The first kappa shape index (κ1) is 33.1. The number of hydrogen-bond donors (Lipinski definition) is 3. The van der Waals surface area contributed by atoms with Gasteiger partial charge in [-0.15, -0.1) is 0 Å².